The van der Waals surface area contributed by atoms with Crippen LogP contribution >= 0.6 is 0 Å². The molecule has 0 bridgehead atoms. The van der Waals surface area contributed by atoms with Crippen LogP contribution in [-0.2, 0) is 9.53 Å². The number of hydrogen-bond donors (Lipinski definition) is 2. The number of para-hydroxylation sites is 1. The van der Waals surface area contributed by atoms with Crippen LogP contribution in [0.4, 0.5) is 10.5 Å². The van der Waals surface area contributed by atoms with Crippen LogP contribution in [0.15, 0.2) is 48.5 Å². The van der Waals surface area contributed by atoms with E-state index in [-0.39, 0.29) is 18.3 Å². The van der Waals surface area contributed by atoms with Crippen molar-refractivity contribution in [1.82, 2.24) is 5.32 Å². The third-order valence-corrected chi connectivity index (χ3v) is 4.27. The summed E-state index contributed by atoms with van der Waals surface area (Å²) >= 11 is 0. The number of ether oxygens (including phenoxy) is 1. The molecule has 6 heteroatoms. The molecule has 2 amide bonds. The Balaban J connectivity index is 1.94. The quantitative estimate of drug-likeness (QED) is 0.562. The van der Waals surface area contributed by atoms with E-state index >= 15 is 0 Å². The SMILES string of the molecule is Cc1ccc(C(=O)COC(=O)[C@H](NC(=O)Nc2ccccc2)C(C)C)c(C)c1. The molecule has 0 unspecified atom stereocenters. The van der Waals surface area contributed by atoms with Crippen LogP contribution in [0.2, 0.25) is 0 Å². The number of aryl methyl sites for hydroxylation is 2. The van der Waals surface area contributed by atoms with Crippen LogP contribution in [0.5, 0.6) is 0 Å². The zero-order chi connectivity index (χ0) is 20.7. The number of ketones is 1. The molecule has 6 nitrogen and oxygen atoms in total. The molecule has 2 N–H and O–H groups in total. The van der Waals surface area contributed by atoms with Crippen molar-refractivity contribution in [3.8, 4) is 0 Å². The minimum atomic E-state index is -0.865. The largest absolute Gasteiger partial charge is 0.456 e. The Hall–Kier alpha value is -3.15. The number of benzene rings is 2. The van der Waals surface area contributed by atoms with E-state index in [0.717, 1.165) is 11.1 Å². The number of esters is 1. The fourth-order valence-corrected chi connectivity index (χ4v) is 2.76. The number of rotatable bonds is 7. The number of urea groups is 1. The van der Waals surface area contributed by atoms with Gasteiger partial charge in [0.05, 0.1) is 0 Å². The van der Waals surface area contributed by atoms with Gasteiger partial charge in [-0.3, -0.25) is 4.79 Å². The first-order valence-electron chi connectivity index (χ1n) is 9.17. The molecule has 0 saturated heterocycles. The van der Waals surface area contributed by atoms with Gasteiger partial charge in [-0.2, -0.15) is 0 Å². The van der Waals surface area contributed by atoms with E-state index in [9.17, 15) is 14.4 Å². The van der Waals surface area contributed by atoms with Crippen molar-refractivity contribution in [3.63, 3.8) is 0 Å². The molecule has 28 heavy (non-hydrogen) atoms. The Kier molecular flexibility index (Phi) is 7.32. The van der Waals surface area contributed by atoms with E-state index in [0.29, 0.717) is 11.3 Å². The fourth-order valence-electron chi connectivity index (χ4n) is 2.76. The van der Waals surface area contributed by atoms with Crippen molar-refractivity contribution in [1.29, 1.82) is 0 Å². The van der Waals surface area contributed by atoms with E-state index in [1.165, 1.54) is 0 Å². The molecule has 0 heterocycles. The Bertz CT molecular complexity index is 847. The molecule has 0 fully saturated rings. The maximum Gasteiger partial charge on any atom is 0.329 e. The van der Waals surface area contributed by atoms with Gasteiger partial charge in [0.15, 0.2) is 6.61 Å². The number of Topliss-reactive ketones (excluding diaryl/α,β-unsaturated/α-hetero) is 1. The number of anilines is 1. The summed E-state index contributed by atoms with van der Waals surface area (Å²) in [4.78, 5) is 37.0. The van der Waals surface area contributed by atoms with Gasteiger partial charge >= 0.3 is 12.0 Å². The second-order valence-electron chi connectivity index (χ2n) is 7.04. The van der Waals surface area contributed by atoms with E-state index in [4.69, 9.17) is 4.74 Å². The lowest BCUT2D eigenvalue weighted by Crippen LogP contribution is -2.47. The topological polar surface area (TPSA) is 84.5 Å². The smallest absolute Gasteiger partial charge is 0.329 e. The summed E-state index contributed by atoms with van der Waals surface area (Å²) in [5.41, 5.74) is 3.02. The molecule has 0 spiro atoms. The Morgan fingerprint density at radius 1 is 1.00 bits per heavy atom. The average Bonchev–Trinajstić information content (AvgIpc) is 2.64. The highest BCUT2D eigenvalue weighted by Gasteiger charge is 2.26. The van der Waals surface area contributed by atoms with Gasteiger partial charge in [-0.25, -0.2) is 9.59 Å². The third-order valence-electron chi connectivity index (χ3n) is 4.27. The van der Waals surface area contributed by atoms with Gasteiger partial charge < -0.3 is 15.4 Å². The molecule has 2 aromatic carbocycles. The summed E-state index contributed by atoms with van der Waals surface area (Å²) in [5.74, 6) is -1.12. The summed E-state index contributed by atoms with van der Waals surface area (Å²) in [6.45, 7) is 7.00. The maximum absolute atomic E-state index is 12.4. The number of amides is 2. The molecule has 0 radical (unpaired) electrons. The van der Waals surface area contributed by atoms with Gasteiger partial charge in [0.25, 0.3) is 0 Å². The second kappa shape index (κ2) is 9.69. The van der Waals surface area contributed by atoms with E-state index in [2.05, 4.69) is 10.6 Å². The molecule has 1 atom stereocenters. The zero-order valence-electron chi connectivity index (χ0n) is 16.6. The Labute approximate surface area is 165 Å². The van der Waals surface area contributed by atoms with Crippen LogP contribution < -0.4 is 10.6 Å². The first-order chi connectivity index (χ1) is 13.3. The summed E-state index contributed by atoms with van der Waals surface area (Å²) in [7, 11) is 0. The first kappa shape index (κ1) is 21.2. The standard InChI is InChI=1S/C22H26N2O4/c1-14(2)20(24-22(27)23-17-8-6-5-7-9-17)21(26)28-13-19(25)18-11-10-15(3)12-16(18)4/h5-12,14,20H,13H2,1-4H3,(H2,23,24,27)/t20-/m1/s1. The molecular weight excluding hydrogens is 356 g/mol. The molecule has 0 saturated carbocycles. The molecule has 0 aromatic heterocycles. The van der Waals surface area contributed by atoms with Crippen molar-refractivity contribution in [2.75, 3.05) is 11.9 Å². The van der Waals surface area contributed by atoms with Gasteiger partial charge in [-0.1, -0.05) is 55.8 Å². The van der Waals surface area contributed by atoms with E-state index < -0.39 is 18.0 Å². The van der Waals surface area contributed by atoms with Crippen LogP contribution in [0.3, 0.4) is 0 Å². The summed E-state index contributed by atoms with van der Waals surface area (Å²) in [6, 6.07) is 13.0. The Morgan fingerprint density at radius 3 is 2.29 bits per heavy atom. The fraction of sp³-hybridized carbons (Fsp3) is 0.318. The molecule has 2 aromatic rings. The van der Waals surface area contributed by atoms with Crippen LogP contribution in [0.25, 0.3) is 0 Å². The van der Waals surface area contributed by atoms with E-state index in [1.54, 1.807) is 44.2 Å². The molecular formula is C22H26N2O4. The molecule has 2 rings (SSSR count). The lowest BCUT2D eigenvalue weighted by atomic mass is 10.0. The molecule has 0 aliphatic heterocycles. The predicted octanol–water partition coefficient (Wildman–Crippen LogP) is 3.88. The number of hydrogen-bond acceptors (Lipinski definition) is 4. The lowest BCUT2D eigenvalue weighted by Gasteiger charge is -2.21. The monoisotopic (exact) mass is 382 g/mol. The number of carbonyl (C=O) groups excluding carboxylic acids is 3. The van der Waals surface area contributed by atoms with Gasteiger partial charge in [0.2, 0.25) is 5.78 Å². The summed E-state index contributed by atoms with van der Waals surface area (Å²) in [5, 5.41) is 5.27. The highest BCUT2D eigenvalue weighted by Crippen LogP contribution is 2.12. The van der Waals surface area contributed by atoms with Crippen molar-refractivity contribution in [3.05, 3.63) is 65.2 Å². The highest BCUT2D eigenvalue weighted by molar-refractivity contribution is 5.99. The molecule has 148 valence electrons. The first-order valence-corrected chi connectivity index (χ1v) is 9.17. The second-order valence-corrected chi connectivity index (χ2v) is 7.04. The molecule has 0 aliphatic carbocycles. The van der Waals surface area contributed by atoms with Gasteiger partial charge in [0.1, 0.15) is 6.04 Å². The summed E-state index contributed by atoms with van der Waals surface area (Å²) in [6.07, 6.45) is 0. The lowest BCUT2D eigenvalue weighted by molar-refractivity contribution is -0.145. The van der Waals surface area contributed by atoms with Crippen molar-refractivity contribution < 1.29 is 19.1 Å². The van der Waals surface area contributed by atoms with Crippen LogP contribution in [0.1, 0.15) is 35.3 Å². The summed E-state index contributed by atoms with van der Waals surface area (Å²) < 4.78 is 5.19. The minimum Gasteiger partial charge on any atom is -0.456 e. The van der Waals surface area contributed by atoms with Crippen molar-refractivity contribution >= 4 is 23.5 Å². The third kappa shape index (κ3) is 5.94. The predicted molar refractivity (Wildman–Crippen MR) is 108 cm³/mol. The molecule has 0 aliphatic rings. The van der Waals surface area contributed by atoms with Crippen LogP contribution in [0, 0.1) is 19.8 Å². The van der Waals surface area contributed by atoms with Gasteiger partial charge in [0, 0.05) is 11.3 Å². The van der Waals surface area contributed by atoms with E-state index in [1.807, 2.05) is 32.0 Å². The van der Waals surface area contributed by atoms with Gasteiger partial charge in [-0.15, -0.1) is 0 Å². The normalized spacial score (nSPS) is 11.6. The highest BCUT2D eigenvalue weighted by atomic mass is 16.5. The van der Waals surface area contributed by atoms with Crippen molar-refractivity contribution in [2.45, 2.75) is 33.7 Å². The maximum atomic E-state index is 12.4. The average molecular weight is 382 g/mol. The van der Waals surface area contributed by atoms with Crippen LogP contribution in [-0.4, -0.2) is 30.4 Å². The number of nitrogens with one attached hydrogen (secondary N) is 2. The van der Waals surface area contributed by atoms with Crippen molar-refractivity contribution in [2.24, 2.45) is 5.92 Å². The van der Waals surface area contributed by atoms with Gasteiger partial charge in [-0.05, 0) is 37.5 Å². The zero-order valence-corrected chi connectivity index (χ0v) is 16.6. The number of carbonyl (C=O) groups is 3. The minimum absolute atomic E-state index is 0.203. The Morgan fingerprint density at radius 2 is 1.68 bits per heavy atom.